The molecule has 0 saturated heterocycles. The van der Waals surface area contributed by atoms with Gasteiger partial charge in [-0.1, -0.05) is 141 Å². The van der Waals surface area contributed by atoms with Crippen LogP contribution in [0.5, 0.6) is 0 Å². The highest BCUT2D eigenvalue weighted by Crippen LogP contribution is 2.48. The van der Waals surface area contributed by atoms with Crippen LogP contribution >= 0.6 is 141 Å². The van der Waals surface area contributed by atoms with Gasteiger partial charge in [-0.25, -0.2) is 0 Å². The van der Waals surface area contributed by atoms with Crippen LogP contribution in [0, 0.1) is 0 Å². The molecule has 0 aliphatic rings. The Morgan fingerprint density at radius 3 is 1.60 bits per heavy atom. The molecule has 0 saturated carbocycles. The van der Waals surface area contributed by atoms with E-state index in [4.69, 9.17) is 4.43 Å². The van der Waals surface area contributed by atoms with E-state index in [2.05, 4.69) is 141 Å². The van der Waals surface area contributed by atoms with Crippen molar-refractivity contribution in [3.8, 4) is 0 Å². The van der Waals surface area contributed by atoms with Gasteiger partial charge in [-0.05, 0) is 0 Å². The third kappa shape index (κ3) is 7.74. The minimum absolute atomic E-state index is 0.0539. The van der Waals surface area contributed by atoms with Crippen LogP contribution in [0.15, 0.2) is 0 Å². The lowest BCUT2D eigenvalue weighted by atomic mass is 10.3. The molecule has 0 amide bonds. The minimum Gasteiger partial charge on any atom is -0.375 e. The zero-order valence-corrected chi connectivity index (χ0v) is 21.8. The summed E-state index contributed by atoms with van der Waals surface area (Å²) in [5.74, 6) is 0. The highest BCUT2D eigenvalue weighted by atomic mass is 80.0. The summed E-state index contributed by atoms with van der Waals surface area (Å²) in [6.07, 6.45) is 0. The SMILES string of the molecule is BrC(Br)C(Br)C(Br)(Br)C(Br)O[Si](Br)(Br)Br. The van der Waals surface area contributed by atoms with E-state index >= 15 is 0 Å². The van der Waals surface area contributed by atoms with E-state index in [0.717, 1.165) is 0 Å². The number of hydrogen-bond acceptors (Lipinski definition) is 1. The van der Waals surface area contributed by atoms with Crippen LogP contribution in [0.25, 0.3) is 0 Å². The van der Waals surface area contributed by atoms with Gasteiger partial charge in [0.05, 0.1) is 8.56 Å². The van der Waals surface area contributed by atoms with Crippen LogP contribution in [0.4, 0.5) is 0 Å². The molecule has 2 unspecified atom stereocenters. The van der Waals surface area contributed by atoms with Crippen molar-refractivity contribution in [2.75, 3.05) is 0 Å². The maximum Gasteiger partial charge on any atom is 0.410 e. The maximum atomic E-state index is 5.71. The fourth-order valence-electron chi connectivity index (χ4n) is 0.489. The summed E-state index contributed by atoms with van der Waals surface area (Å²) in [6.45, 7) is 0. The van der Waals surface area contributed by atoms with Crippen LogP contribution in [0.3, 0.4) is 0 Å². The van der Waals surface area contributed by atoms with E-state index < -0.39 is 7.41 Å². The molecule has 0 aromatic heterocycles. The summed E-state index contributed by atoms with van der Waals surface area (Å²) in [7, 11) is 0. The lowest BCUT2D eigenvalue weighted by Gasteiger charge is -2.33. The fourth-order valence-corrected chi connectivity index (χ4v) is 9.88. The van der Waals surface area contributed by atoms with Crippen LogP contribution in [-0.2, 0) is 4.43 Å². The third-order valence-corrected chi connectivity index (χ3v) is 12.6. The van der Waals surface area contributed by atoms with Gasteiger partial charge in [0, 0.05) is 0 Å². The number of hydrogen-bond donors (Lipinski definition) is 0. The Bertz CT molecular complexity index is 203. The molecule has 0 radical (unpaired) electrons. The molecule has 1 nitrogen and oxygen atoms in total. The van der Waals surface area contributed by atoms with Crippen LogP contribution in [-0.4, -0.2) is 21.0 Å². The molecule has 0 fully saturated rings. The molecular weight excluding hydrogens is 811 g/mol. The first-order valence-electron chi connectivity index (χ1n) is 3.17. The average molecular weight is 814 g/mol. The van der Waals surface area contributed by atoms with Crippen molar-refractivity contribution in [1.29, 1.82) is 0 Å². The summed E-state index contributed by atoms with van der Waals surface area (Å²) in [6, 6.07) is 0. The molecule has 92 valence electrons. The summed E-state index contributed by atoms with van der Waals surface area (Å²) >= 11 is 31.2. The number of alkyl halides is 6. The molecule has 0 bridgehead atoms. The van der Waals surface area contributed by atoms with Gasteiger partial charge in [0.15, 0.2) is 0 Å². The molecule has 0 aliphatic carbocycles. The Balaban J connectivity index is 4.58. The fraction of sp³-hybridized carbons (Fsp3) is 1.00. The molecule has 2 atom stereocenters. The molecule has 0 heterocycles. The first-order valence-corrected chi connectivity index (χ1v) is 17.1. The smallest absolute Gasteiger partial charge is 0.375 e. The van der Waals surface area contributed by atoms with E-state index in [1.54, 1.807) is 0 Å². The Hall–Kier alpha value is 4.50. The van der Waals surface area contributed by atoms with E-state index in [-0.39, 0.29) is 13.6 Å². The van der Waals surface area contributed by atoms with Gasteiger partial charge in [-0.3, -0.25) is 0 Å². The van der Waals surface area contributed by atoms with Crippen LogP contribution < -0.4 is 0 Å². The molecule has 0 aromatic carbocycles. The zero-order chi connectivity index (χ0) is 12.4. The second-order valence-corrected chi connectivity index (χ2v) is 31.8. The third-order valence-electron chi connectivity index (χ3n) is 1.13. The average Bonchev–Trinajstić information content (AvgIpc) is 1.99. The van der Waals surface area contributed by atoms with Crippen molar-refractivity contribution in [3.05, 3.63) is 0 Å². The first-order chi connectivity index (χ1) is 6.48. The zero-order valence-electron chi connectivity index (χ0n) is 6.54. The summed E-state index contributed by atoms with van der Waals surface area (Å²) in [5, 5.41) is -0.253. The Morgan fingerprint density at radius 2 is 1.33 bits per heavy atom. The lowest BCUT2D eigenvalue weighted by molar-refractivity contribution is 0.304. The Kier molecular flexibility index (Phi) is 10.5. The topological polar surface area (TPSA) is 9.23 Å². The van der Waals surface area contributed by atoms with E-state index in [0.29, 0.717) is 0 Å². The predicted octanol–water partition coefficient (Wildman–Crippen LogP) is 6.71. The van der Waals surface area contributed by atoms with Crippen molar-refractivity contribution in [2.45, 2.75) is 16.8 Å². The second-order valence-electron chi connectivity index (χ2n) is 2.29. The van der Waals surface area contributed by atoms with Crippen molar-refractivity contribution in [1.82, 2.24) is 0 Å². The number of rotatable bonds is 5. The molecule has 11 heteroatoms. The molecule has 15 heavy (non-hydrogen) atoms. The van der Waals surface area contributed by atoms with Gasteiger partial charge in [-0.15, -0.1) is 0 Å². The molecule has 0 N–H and O–H groups in total. The normalized spacial score (nSPS) is 18.0. The highest BCUT2D eigenvalue weighted by Gasteiger charge is 2.45. The van der Waals surface area contributed by atoms with E-state index in [9.17, 15) is 0 Å². The van der Waals surface area contributed by atoms with Crippen molar-refractivity contribution in [2.24, 2.45) is 0 Å². The minimum atomic E-state index is -2.13. The summed E-state index contributed by atoms with van der Waals surface area (Å²) in [5.41, 5.74) is 0. The van der Waals surface area contributed by atoms with E-state index in [1.807, 2.05) is 0 Å². The first kappa shape index (κ1) is 19.5. The quantitative estimate of drug-likeness (QED) is 0.171. The van der Waals surface area contributed by atoms with Crippen molar-refractivity contribution < 1.29 is 4.43 Å². The highest BCUT2D eigenvalue weighted by molar-refractivity contribution is 9.71. The van der Waals surface area contributed by atoms with Crippen molar-refractivity contribution in [3.63, 3.8) is 0 Å². The molecular formula is C4H3Br9OSi. The molecule has 0 rings (SSSR count). The maximum absolute atomic E-state index is 5.71. The Labute approximate surface area is 164 Å². The van der Waals surface area contributed by atoms with Gasteiger partial charge in [-0.2, -0.15) is 0 Å². The van der Waals surface area contributed by atoms with E-state index in [1.165, 1.54) is 0 Å². The number of halogens is 9. The molecule has 0 aliphatic heterocycles. The largest absolute Gasteiger partial charge is 0.410 e. The predicted molar refractivity (Wildman–Crippen MR) is 101 cm³/mol. The monoisotopic (exact) mass is 805 g/mol. The second kappa shape index (κ2) is 8.07. The van der Waals surface area contributed by atoms with Crippen LogP contribution in [0.1, 0.15) is 0 Å². The van der Waals surface area contributed by atoms with Gasteiger partial charge < -0.3 is 4.43 Å². The van der Waals surface area contributed by atoms with Gasteiger partial charge in [0.2, 0.25) is 0 Å². The molecule has 0 aromatic rings. The lowest BCUT2D eigenvalue weighted by Crippen LogP contribution is -2.42. The summed E-state index contributed by atoms with van der Waals surface area (Å²) in [4.78, 5) is 0.0539. The summed E-state index contributed by atoms with van der Waals surface area (Å²) < 4.78 is 3.20. The van der Waals surface area contributed by atoms with Gasteiger partial charge in [0.25, 0.3) is 0 Å². The van der Waals surface area contributed by atoms with Gasteiger partial charge >= 0.3 is 4.18 Å². The molecule has 0 spiro atoms. The van der Waals surface area contributed by atoms with Crippen LogP contribution in [0.2, 0.25) is 0 Å². The van der Waals surface area contributed by atoms with Crippen molar-refractivity contribution >= 4 is 146 Å². The van der Waals surface area contributed by atoms with Gasteiger partial charge in [0.1, 0.15) is 8.25 Å². The standard InChI is InChI=1S/C4H3Br9OSi/c5-1(2(6)7)4(9,10)3(8)14-15(11,12)13/h1-3H. The Morgan fingerprint density at radius 1 is 0.933 bits per heavy atom.